The summed E-state index contributed by atoms with van der Waals surface area (Å²) in [5, 5.41) is 3.48. The van der Waals surface area contributed by atoms with E-state index in [1.165, 1.54) is 18.4 Å². The van der Waals surface area contributed by atoms with Gasteiger partial charge in [-0.3, -0.25) is 4.90 Å². The van der Waals surface area contributed by atoms with Crippen LogP contribution >= 0.6 is 0 Å². The second kappa shape index (κ2) is 6.86. The van der Waals surface area contributed by atoms with Crippen molar-refractivity contribution in [3.05, 3.63) is 35.1 Å². The molecule has 0 amide bonds. The third-order valence-electron chi connectivity index (χ3n) is 4.26. The predicted octanol–water partition coefficient (Wildman–Crippen LogP) is 2.69. The van der Waals surface area contributed by atoms with Crippen molar-refractivity contribution in [3.63, 3.8) is 0 Å². The summed E-state index contributed by atoms with van der Waals surface area (Å²) in [6.45, 7) is 3.23. The first kappa shape index (κ1) is 14.9. The number of benzene rings is 1. The van der Waals surface area contributed by atoms with E-state index in [2.05, 4.69) is 10.2 Å². The minimum absolute atomic E-state index is 0.107. The van der Waals surface area contributed by atoms with Gasteiger partial charge >= 0.3 is 0 Å². The molecule has 0 aromatic heterocycles. The highest BCUT2D eigenvalue weighted by molar-refractivity contribution is 5.25. The van der Waals surface area contributed by atoms with Crippen LogP contribution in [0.3, 0.4) is 0 Å². The maximum atomic E-state index is 14.0. The lowest BCUT2D eigenvalue weighted by Crippen LogP contribution is -2.28. The summed E-state index contributed by atoms with van der Waals surface area (Å²) >= 11 is 0. The van der Waals surface area contributed by atoms with Gasteiger partial charge in [0.25, 0.3) is 0 Å². The first-order chi connectivity index (χ1) is 10.2. The molecule has 1 aromatic rings. The zero-order valence-electron chi connectivity index (χ0n) is 12.8. The van der Waals surface area contributed by atoms with Crippen molar-refractivity contribution in [2.24, 2.45) is 0 Å². The van der Waals surface area contributed by atoms with E-state index in [-0.39, 0.29) is 5.82 Å². The van der Waals surface area contributed by atoms with Gasteiger partial charge in [0.2, 0.25) is 0 Å². The molecular weight excluding hydrogens is 267 g/mol. The van der Waals surface area contributed by atoms with Crippen molar-refractivity contribution in [2.45, 2.75) is 50.9 Å². The fourth-order valence-corrected chi connectivity index (χ4v) is 2.90. The van der Waals surface area contributed by atoms with Crippen LogP contribution in [0.1, 0.15) is 36.8 Å². The van der Waals surface area contributed by atoms with Gasteiger partial charge in [0, 0.05) is 37.8 Å². The highest BCUT2D eigenvalue weighted by atomic mass is 19.1. The molecule has 0 bridgehead atoms. The molecule has 3 rings (SSSR count). The van der Waals surface area contributed by atoms with Crippen molar-refractivity contribution >= 4 is 0 Å². The first-order valence-electron chi connectivity index (χ1n) is 8.01. The molecule has 1 saturated heterocycles. The Morgan fingerprint density at radius 3 is 2.90 bits per heavy atom. The van der Waals surface area contributed by atoms with Crippen LogP contribution in [0.4, 0.5) is 4.39 Å². The Bertz CT molecular complexity index is 470. The standard InChI is InChI=1S/C17H25FN2O/c1-20(12-16-3-2-8-21-16)11-14-9-13(4-7-17(14)18)10-19-15-5-6-15/h4,7,9,15-16,19H,2-3,5-6,8,10-12H2,1H3. The summed E-state index contributed by atoms with van der Waals surface area (Å²) in [5.41, 5.74) is 1.95. The van der Waals surface area contributed by atoms with Crippen molar-refractivity contribution in [3.8, 4) is 0 Å². The van der Waals surface area contributed by atoms with Crippen LogP contribution in [-0.2, 0) is 17.8 Å². The van der Waals surface area contributed by atoms with Crippen LogP contribution in [0.5, 0.6) is 0 Å². The van der Waals surface area contributed by atoms with Gasteiger partial charge in [-0.25, -0.2) is 4.39 Å². The molecule has 21 heavy (non-hydrogen) atoms. The number of nitrogens with zero attached hydrogens (tertiary/aromatic N) is 1. The molecule has 2 aliphatic rings. The van der Waals surface area contributed by atoms with E-state index in [0.717, 1.165) is 38.1 Å². The van der Waals surface area contributed by atoms with Crippen molar-refractivity contribution < 1.29 is 9.13 Å². The van der Waals surface area contributed by atoms with Gasteiger partial charge in [-0.2, -0.15) is 0 Å². The van der Waals surface area contributed by atoms with Crippen LogP contribution in [0.25, 0.3) is 0 Å². The van der Waals surface area contributed by atoms with E-state index >= 15 is 0 Å². The zero-order valence-corrected chi connectivity index (χ0v) is 12.8. The summed E-state index contributed by atoms with van der Waals surface area (Å²) in [6.07, 6.45) is 5.14. The molecule has 4 heteroatoms. The van der Waals surface area contributed by atoms with Gasteiger partial charge in [-0.15, -0.1) is 0 Å². The van der Waals surface area contributed by atoms with Gasteiger partial charge in [0.05, 0.1) is 6.10 Å². The fourth-order valence-electron chi connectivity index (χ4n) is 2.90. The zero-order chi connectivity index (χ0) is 14.7. The van der Waals surface area contributed by atoms with E-state index in [1.807, 2.05) is 19.2 Å². The Hall–Kier alpha value is -0.970. The number of nitrogens with one attached hydrogen (secondary N) is 1. The number of likely N-dealkylation sites (N-methyl/N-ethyl adjacent to an activating group) is 1. The molecule has 1 N–H and O–H groups in total. The Labute approximate surface area is 126 Å². The average molecular weight is 292 g/mol. The Kier molecular flexibility index (Phi) is 4.88. The molecule has 0 spiro atoms. The first-order valence-corrected chi connectivity index (χ1v) is 8.01. The van der Waals surface area contributed by atoms with E-state index in [4.69, 9.17) is 4.74 Å². The summed E-state index contributed by atoms with van der Waals surface area (Å²) in [6, 6.07) is 6.16. The lowest BCUT2D eigenvalue weighted by atomic mass is 10.1. The van der Waals surface area contributed by atoms with Crippen molar-refractivity contribution in [1.29, 1.82) is 0 Å². The fraction of sp³-hybridized carbons (Fsp3) is 0.647. The molecule has 1 aliphatic heterocycles. The number of ether oxygens (including phenoxy) is 1. The van der Waals surface area contributed by atoms with E-state index in [1.54, 1.807) is 6.07 Å². The molecule has 116 valence electrons. The number of hydrogen-bond acceptors (Lipinski definition) is 3. The molecular formula is C17H25FN2O. The topological polar surface area (TPSA) is 24.5 Å². The minimum Gasteiger partial charge on any atom is -0.377 e. The van der Waals surface area contributed by atoms with E-state index in [0.29, 0.717) is 18.7 Å². The molecule has 3 nitrogen and oxygen atoms in total. The van der Waals surface area contributed by atoms with Gasteiger partial charge in [-0.05, 0) is 44.4 Å². The number of hydrogen-bond donors (Lipinski definition) is 1. The van der Waals surface area contributed by atoms with Gasteiger partial charge < -0.3 is 10.1 Å². The van der Waals surface area contributed by atoms with E-state index in [9.17, 15) is 4.39 Å². The van der Waals surface area contributed by atoms with Gasteiger partial charge in [0.1, 0.15) is 5.82 Å². The summed E-state index contributed by atoms with van der Waals surface area (Å²) in [4.78, 5) is 2.16. The summed E-state index contributed by atoms with van der Waals surface area (Å²) in [7, 11) is 2.04. The Morgan fingerprint density at radius 1 is 1.33 bits per heavy atom. The Morgan fingerprint density at radius 2 is 2.19 bits per heavy atom. The minimum atomic E-state index is -0.107. The molecule has 1 unspecified atom stereocenters. The molecule has 1 heterocycles. The van der Waals surface area contributed by atoms with Gasteiger partial charge in [-0.1, -0.05) is 12.1 Å². The third kappa shape index (κ3) is 4.50. The lowest BCUT2D eigenvalue weighted by molar-refractivity contribution is 0.0790. The summed E-state index contributed by atoms with van der Waals surface area (Å²) < 4.78 is 19.6. The van der Waals surface area contributed by atoms with Crippen molar-refractivity contribution in [1.82, 2.24) is 10.2 Å². The van der Waals surface area contributed by atoms with Crippen LogP contribution in [0.15, 0.2) is 18.2 Å². The smallest absolute Gasteiger partial charge is 0.127 e. The molecule has 2 fully saturated rings. The lowest BCUT2D eigenvalue weighted by Gasteiger charge is -2.21. The molecule has 1 saturated carbocycles. The molecule has 1 aromatic carbocycles. The molecule has 1 aliphatic carbocycles. The van der Waals surface area contributed by atoms with Crippen LogP contribution < -0.4 is 5.32 Å². The highest BCUT2D eigenvalue weighted by Crippen LogP contribution is 2.20. The highest BCUT2D eigenvalue weighted by Gasteiger charge is 2.20. The SMILES string of the molecule is CN(Cc1cc(CNC2CC2)ccc1F)CC1CCCO1. The number of halogens is 1. The third-order valence-corrected chi connectivity index (χ3v) is 4.26. The maximum absolute atomic E-state index is 14.0. The monoisotopic (exact) mass is 292 g/mol. The average Bonchev–Trinajstić information content (AvgIpc) is 3.16. The normalized spacial score (nSPS) is 22.1. The quantitative estimate of drug-likeness (QED) is 0.836. The molecule has 1 atom stereocenters. The van der Waals surface area contributed by atoms with Gasteiger partial charge in [0.15, 0.2) is 0 Å². The van der Waals surface area contributed by atoms with E-state index < -0.39 is 0 Å². The second-order valence-corrected chi connectivity index (χ2v) is 6.41. The van der Waals surface area contributed by atoms with Crippen LogP contribution in [0, 0.1) is 5.82 Å². The number of rotatable bonds is 7. The Balaban J connectivity index is 1.55. The predicted molar refractivity (Wildman–Crippen MR) is 81.6 cm³/mol. The second-order valence-electron chi connectivity index (χ2n) is 6.41. The largest absolute Gasteiger partial charge is 0.377 e. The van der Waals surface area contributed by atoms with Crippen molar-refractivity contribution in [2.75, 3.05) is 20.2 Å². The maximum Gasteiger partial charge on any atom is 0.127 e. The van der Waals surface area contributed by atoms with Crippen LogP contribution in [0.2, 0.25) is 0 Å². The van der Waals surface area contributed by atoms with Crippen LogP contribution in [-0.4, -0.2) is 37.2 Å². The molecule has 0 radical (unpaired) electrons. The summed E-state index contributed by atoms with van der Waals surface area (Å²) in [5.74, 6) is -0.107.